The van der Waals surface area contributed by atoms with Gasteiger partial charge >= 0.3 is 0 Å². The van der Waals surface area contributed by atoms with E-state index in [4.69, 9.17) is 11.6 Å². The molecular weight excluding hydrogens is 274 g/mol. The summed E-state index contributed by atoms with van der Waals surface area (Å²) in [6.07, 6.45) is -0.698. The average Bonchev–Trinajstić information content (AvgIpc) is 2.36. The zero-order valence-corrected chi connectivity index (χ0v) is 12.0. The molecule has 102 valence electrons. The van der Waals surface area contributed by atoms with Crippen LogP contribution in [0.3, 0.4) is 0 Å². The number of sulfonamides is 1. The minimum Gasteiger partial charge on any atom is -0.391 e. The van der Waals surface area contributed by atoms with E-state index in [1.165, 1.54) is 12.1 Å². The summed E-state index contributed by atoms with van der Waals surface area (Å²) in [6, 6.07) is 6.43. The van der Waals surface area contributed by atoms with Crippen molar-refractivity contribution in [3.8, 4) is 0 Å². The molecule has 1 atom stereocenters. The fourth-order valence-corrected chi connectivity index (χ4v) is 2.60. The van der Waals surface area contributed by atoms with Crippen molar-refractivity contribution in [2.24, 2.45) is 5.92 Å². The van der Waals surface area contributed by atoms with Crippen LogP contribution in [0.4, 0.5) is 0 Å². The summed E-state index contributed by atoms with van der Waals surface area (Å²) in [7, 11) is -3.59. The summed E-state index contributed by atoms with van der Waals surface area (Å²) >= 11 is 5.66. The number of hydrogen-bond acceptors (Lipinski definition) is 3. The number of hydrogen-bond donors (Lipinski definition) is 2. The molecule has 1 unspecified atom stereocenters. The zero-order valence-electron chi connectivity index (χ0n) is 10.4. The molecule has 6 heteroatoms. The highest BCUT2D eigenvalue weighted by Crippen LogP contribution is 2.13. The fraction of sp³-hybridized carbons (Fsp3) is 0.500. The molecule has 0 aromatic heterocycles. The monoisotopic (exact) mass is 291 g/mol. The molecule has 4 nitrogen and oxygen atoms in total. The summed E-state index contributed by atoms with van der Waals surface area (Å²) < 4.78 is 26.3. The summed E-state index contributed by atoms with van der Waals surface area (Å²) in [5.41, 5.74) is 0.740. The predicted octanol–water partition coefficient (Wildman–Crippen LogP) is 1.72. The van der Waals surface area contributed by atoms with Gasteiger partial charge in [-0.25, -0.2) is 13.1 Å². The lowest BCUT2D eigenvalue weighted by Crippen LogP contribution is -2.34. The first-order chi connectivity index (χ1) is 8.36. The van der Waals surface area contributed by atoms with Gasteiger partial charge in [0.25, 0.3) is 0 Å². The van der Waals surface area contributed by atoms with E-state index >= 15 is 0 Å². The molecule has 1 aromatic carbocycles. The van der Waals surface area contributed by atoms with Crippen LogP contribution in [-0.4, -0.2) is 26.2 Å². The van der Waals surface area contributed by atoms with E-state index < -0.39 is 16.1 Å². The Kier molecular flexibility index (Phi) is 5.59. The first-order valence-corrected chi connectivity index (χ1v) is 7.71. The van der Waals surface area contributed by atoms with Crippen LogP contribution in [0.25, 0.3) is 0 Å². The highest BCUT2D eigenvalue weighted by atomic mass is 35.5. The Balaban J connectivity index is 2.80. The van der Waals surface area contributed by atoms with Crippen molar-refractivity contribution in [3.63, 3.8) is 0 Å². The minimum atomic E-state index is -3.59. The Morgan fingerprint density at radius 2 is 2.06 bits per heavy atom. The van der Waals surface area contributed by atoms with E-state index in [9.17, 15) is 13.5 Å². The van der Waals surface area contributed by atoms with Gasteiger partial charge in [0.15, 0.2) is 0 Å². The number of aliphatic hydroxyl groups excluding tert-OH is 1. The van der Waals surface area contributed by atoms with Gasteiger partial charge in [-0.3, -0.25) is 0 Å². The second kappa shape index (κ2) is 6.52. The Bertz CT molecular complexity index is 488. The molecule has 0 spiro atoms. The molecule has 0 aliphatic rings. The largest absolute Gasteiger partial charge is 0.391 e. The Morgan fingerprint density at radius 3 is 2.61 bits per heavy atom. The van der Waals surface area contributed by atoms with Gasteiger partial charge in [0.2, 0.25) is 10.0 Å². The highest BCUT2D eigenvalue weighted by molar-refractivity contribution is 7.89. The maximum atomic E-state index is 12.0. The predicted molar refractivity (Wildman–Crippen MR) is 72.0 cm³/mol. The smallest absolute Gasteiger partial charge is 0.240 e. The molecule has 0 fully saturated rings. The van der Waals surface area contributed by atoms with E-state index in [0.29, 0.717) is 0 Å². The first kappa shape index (κ1) is 15.4. The number of benzene rings is 1. The van der Waals surface area contributed by atoms with Crippen LogP contribution in [0.2, 0.25) is 0 Å². The number of rotatable bonds is 6. The van der Waals surface area contributed by atoms with Gasteiger partial charge in [-0.1, -0.05) is 26.0 Å². The topological polar surface area (TPSA) is 66.4 Å². The van der Waals surface area contributed by atoms with Crippen LogP contribution < -0.4 is 4.72 Å². The van der Waals surface area contributed by atoms with Crippen LogP contribution in [0.1, 0.15) is 19.4 Å². The normalized spacial score (nSPS) is 13.8. The molecular formula is C12H18ClNO3S. The number of nitrogens with one attached hydrogen (secondary N) is 1. The second-order valence-electron chi connectivity index (χ2n) is 4.44. The average molecular weight is 292 g/mol. The molecule has 0 radical (unpaired) electrons. The van der Waals surface area contributed by atoms with Crippen LogP contribution in [0, 0.1) is 5.92 Å². The molecule has 1 rings (SSSR count). The molecule has 0 amide bonds. The van der Waals surface area contributed by atoms with Crippen LogP contribution in [0.15, 0.2) is 29.2 Å². The van der Waals surface area contributed by atoms with Crippen molar-refractivity contribution in [2.75, 3.05) is 6.54 Å². The van der Waals surface area contributed by atoms with Gasteiger partial charge < -0.3 is 5.11 Å². The van der Waals surface area contributed by atoms with E-state index in [0.717, 1.165) is 5.56 Å². The van der Waals surface area contributed by atoms with Gasteiger partial charge in [-0.15, -0.1) is 11.6 Å². The van der Waals surface area contributed by atoms with E-state index in [1.54, 1.807) is 12.1 Å². The minimum absolute atomic E-state index is 0.00174. The van der Waals surface area contributed by atoms with Gasteiger partial charge in [0.05, 0.1) is 11.0 Å². The van der Waals surface area contributed by atoms with Gasteiger partial charge in [0, 0.05) is 12.4 Å². The lowest BCUT2D eigenvalue weighted by molar-refractivity contribution is 0.129. The molecule has 0 aliphatic heterocycles. The molecule has 0 bridgehead atoms. The van der Waals surface area contributed by atoms with Crippen molar-refractivity contribution in [1.82, 2.24) is 4.72 Å². The second-order valence-corrected chi connectivity index (χ2v) is 6.48. The summed E-state index contributed by atoms with van der Waals surface area (Å²) in [5.74, 6) is 0.264. The van der Waals surface area contributed by atoms with Crippen molar-refractivity contribution in [1.29, 1.82) is 0 Å². The molecule has 0 saturated carbocycles. The van der Waals surface area contributed by atoms with Crippen molar-refractivity contribution in [2.45, 2.75) is 30.7 Å². The first-order valence-electron chi connectivity index (χ1n) is 5.69. The van der Waals surface area contributed by atoms with Crippen LogP contribution in [0.5, 0.6) is 0 Å². The number of alkyl halides is 1. The SMILES string of the molecule is CC(C)C(O)CNS(=O)(=O)c1cccc(CCl)c1. The lowest BCUT2D eigenvalue weighted by atomic mass is 10.1. The van der Waals surface area contributed by atoms with Crippen molar-refractivity contribution < 1.29 is 13.5 Å². The molecule has 0 heterocycles. The van der Waals surface area contributed by atoms with Crippen LogP contribution in [-0.2, 0) is 15.9 Å². The van der Waals surface area contributed by atoms with Gasteiger partial charge in [-0.2, -0.15) is 0 Å². The van der Waals surface area contributed by atoms with Gasteiger partial charge in [-0.05, 0) is 23.6 Å². The summed E-state index contributed by atoms with van der Waals surface area (Å²) in [6.45, 7) is 3.66. The Hall–Kier alpha value is -0.620. The third-order valence-electron chi connectivity index (χ3n) is 2.62. The molecule has 18 heavy (non-hydrogen) atoms. The quantitative estimate of drug-likeness (QED) is 0.784. The van der Waals surface area contributed by atoms with E-state index in [1.807, 2.05) is 13.8 Å². The lowest BCUT2D eigenvalue weighted by Gasteiger charge is -2.15. The van der Waals surface area contributed by atoms with E-state index in [-0.39, 0.29) is 23.2 Å². The maximum absolute atomic E-state index is 12.0. The van der Waals surface area contributed by atoms with Crippen molar-refractivity contribution in [3.05, 3.63) is 29.8 Å². The summed E-state index contributed by atoms with van der Waals surface area (Å²) in [5, 5.41) is 9.59. The van der Waals surface area contributed by atoms with Gasteiger partial charge in [0.1, 0.15) is 0 Å². The third-order valence-corrected chi connectivity index (χ3v) is 4.34. The fourth-order valence-electron chi connectivity index (χ4n) is 1.31. The molecule has 2 N–H and O–H groups in total. The number of halogens is 1. The van der Waals surface area contributed by atoms with E-state index in [2.05, 4.69) is 4.72 Å². The number of aliphatic hydroxyl groups is 1. The maximum Gasteiger partial charge on any atom is 0.240 e. The standard InChI is InChI=1S/C12H18ClNO3S/c1-9(2)12(15)8-14-18(16,17)11-5-3-4-10(6-11)7-13/h3-6,9,12,14-15H,7-8H2,1-2H3. The molecule has 0 saturated heterocycles. The Morgan fingerprint density at radius 1 is 1.39 bits per heavy atom. The van der Waals surface area contributed by atoms with Crippen molar-refractivity contribution >= 4 is 21.6 Å². The third kappa shape index (κ3) is 4.24. The summed E-state index contributed by atoms with van der Waals surface area (Å²) in [4.78, 5) is 0.164. The zero-order chi connectivity index (χ0) is 13.8. The molecule has 1 aromatic rings. The highest BCUT2D eigenvalue weighted by Gasteiger charge is 2.17. The van der Waals surface area contributed by atoms with Crippen LogP contribution >= 0.6 is 11.6 Å². The molecule has 0 aliphatic carbocycles. The Labute approximate surface area is 113 Å².